The molecule has 3 nitrogen and oxygen atoms in total. The average Bonchev–Trinajstić information content (AvgIpc) is 2.32. The van der Waals surface area contributed by atoms with Crippen LogP contribution >= 0.6 is 15.9 Å². The second-order valence-electron chi connectivity index (χ2n) is 4.76. The van der Waals surface area contributed by atoms with Crippen molar-refractivity contribution in [1.29, 1.82) is 0 Å². The molecule has 0 spiro atoms. The predicted octanol–water partition coefficient (Wildman–Crippen LogP) is 2.54. The molecule has 18 heavy (non-hydrogen) atoms. The molecule has 0 aromatic heterocycles. The second-order valence-corrected chi connectivity index (χ2v) is 5.62. The summed E-state index contributed by atoms with van der Waals surface area (Å²) >= 11 is 3.08. The van der Waals surface area contributed by atoms with E-state index in [-0.39, 0.29) is 18.0 Å². The lowest BCUT2D eigenvalue weighted by molar-refractivity contribution is 0.0618. The lowest BCUT2D eigenvalue weighted by Crippen LogP contribution is -2.48. The SMILES string of the molecule is C[C@H]1C[C@@H](N)CCN1C(=O)c1ccc(Br)c(F)c1. The van der Waals surface area contributed by atoms with Crippen molar-refractivity contribution in [1.82, 2.24) is 4.90 Å². The number of halogens is 2. The number of nitrogens with zero attached hydrogens (tertiary/aromatic N) is 1. The third-order valence-corrected chi connectivity index (χ3v) is 3.99. The number of benzene rings is 1. The molecule has 2 rings (SSSR count). The van der Waals surface area contributed by atoms with Gasteiger partial charge in [0.1, 0.15) is 5.82 Å². The Labute approximate surface area is 114 Å². The van der Waals surface area contributed by atoms with Crippen LogP contribution in [0.3, 0.4) is 0 Å². The van der Waals surface area contributed by atoms with Crippen LogP contribution < -0.4 is 5.73 Å². The number of likely N-dealkylation sites (tertiary alicyclic amines) is 1. The van der Waals surface area contributed by atoms with Crippen LogP contribution in [0.1, 0.15) is 30.1 Å². The fourth-order valence-corrected chi connectivity index (χ4v) is 2.55. The molecule has 0 aliphatic carbocycles. The molecule has 98 valence electrons. The van der Waals surface area contributed by atoms with E-state index in [9.17, 15) is 9.18 Å². The molecule has 0 saturated carbocycles. The fourth-order valence-electron chi connectivity index (χ4n) is 2.31. The van der Waals surface area contributed by atoms with Crippen molar-refractivity contribution in [2.24, 2.45) is 5.73 Å². The normalized spacial score (nSPS) is 24.1. The summed E-state index contributed by atoms with van der Waals surface area (Å²) in [5.41, 5.74) is 6.25. The molecule has 1 aliphatic heterocycles. The smallest absolute Gasteiger partial charge is 0.254 e. The summed E-state index contributed by atoms with van der Waals surface area (Å²) in [6.07, 6.45) is 1.60. The third kappa shape index (κ3) is 2.72. The predicted molar refractivity (Wildman–Crippen MR) is 71.8 cm³/mol. The van der Waals surface area contributed by atoms with Crippen LogP contribution in [0.25, 0.3) is 0 Å². The lowest BCUT2D eigenvalue weighted by atomic mass is 9.98. The van der Waals surface area contributed by atoms with E-state index in [1.165, 1.54) is 6.07 Å². The van der Waals surface area contributed by atoms with E-state index >= 15 is 0 Å². The molecule has 1 aromatic carbocycles. The van der Waals surface area contributed by atoms with Crippen molar-refractivity contribution >= 4 is 21.8 Å². The van der Waals surface area contributed by atoms with Gasteiger partial charge in [0.05, 0.1) is 4.47 Å². The van der Waals surface area contributed by atoms with Crippen LogP contribution in [0.15, 0.2) is 22.7 Å². The Morgan fingerprint density at radius 1 is 1.56 bits per heavy atom. The minimum absolute atomic E-state index is 0.105. The van der Waals surface area contributed by atoms with Gasteiger partial charge in [-0.2, -0.15) is 0 Å². The number of amides is 1. The first-order valence-corrected chi connectivity index (χ1v) is 6.80. The highest BCUT2D eigenvalue weighted by atomic mass is 79.9. The molecule has 0 bridgehead atoms. The standard InChI is InChI=1S/C13H16BrFN2O/c1-8-6-10(16)4-5-17(8)13(18)9-2-3-11(14)12(15)7-9/h2-3,7-8,10H,4-6,16H2,1H3/t8-,10-/m0/s1. The van der Waals surface area contributed by atoms with Crippen molar-refractivity contribution in [2.45, 2.75) is 31.8 Å². The molecular formula is C13H16BrFN2O. The average molecular weight is 315 g/mol. The summed E-state index contributed by atoms with van der Waals surface area (Å²) in [7, 11) is 0. The third-order valence-electron chi connectivity index (χ3n) is 3.34. The molecule has 2 N–H and O–H groups in total. The maximum Gasteiger partial charge on any atom is 0.254 e. The van der Waals surface area contributed by atoms with Gasteiger partial charge in [-0.25, -0.2) is 4.39 Å². The first kappa shape index (κ1) is 13.5. The first-order chi connectivity index (χ1) is 8.49. The maximum atomic E-state index is 13.4. The van der Waals surface area contributed by atoms with E-state index in [1.807, 2.05) is 6.92 Å². The van der Waals surface area contributed by atoms with Crippen LogP contribution in [0.2, 0.25) is 0 Å². The zero-order chi connectivity index (χ0) is 13.3. The van der Waals surface area contributed by atoms with Crippen molar-refractivity contribution < 1.29 is 9.18 Å². The van der Waals surface area contributed by atoms with Gasteiger partial charge < -0.3 is 10.6 Å². The quantitative estimate of drug-likeness (QED) is 0.866. The Morgan fingerprint density at radius 2 is 2.28 bits per heavy atom. The minimum Gasteiger partial charge on any atom is -0.336 e. The highest BCUT2D eigenvalue weighted by Gasteiger charge is 2.27. The number of hydrogen-bond acceptors (Lipinski definition) is 2. The monoisotopic (exact) mass is 314 g/mol. The molecule has 1 aliphatic rings. The van der Waals surface area contributed by atoms with E-state index in [2.05, 4.69) is 15.9 Å². The summed E-state index contributed by atoms with van der Waals surface area (Å²) < 4.78 is 13.8. The van der Waals surface area contributed by atoms with Gasteiger partial charge in [-0.3, -0.25) is 4.79 Å². The molecule has 1 fully saturated rings. The molecule has 1 aromatic rings. The summed E-state index contributed by atoms with van der Waals surface area (Å²) in [5.74, 6) is -0.539. The van der Waals surface area contributed by atoms with Crippen molar-refractivity contribution in [2.75, 3.05) is 6.54 Å². The van der Waals surface area contributed by atoms with Gasteiger partial charge in [-0.05, 0) is 53.9 Å². The van der Waals surface area contributed by atoms with E-state index in [4.69, 9.17) is 5.73 Å². The molecule has 0 radical (unpaired) electrons. The number of carbonyl (C=O) groups is 1. The zero-order valence-electron chi connectivity index (χ0n) is 10.2. The number of piperidine rings is 1. The largest absolute Gasteiger partial charge is 0.336 e. The van der Waals surface area contributed by atoms with Gasteiger partial charge in [-0.15, -0.1) is 0 Å². The van der Waals surface area contributed by atoms with Crippen molar-refractivity contribution in [3.8, 4) is 0 Å². The zero-order valence-corrected chi connectivity index (χ0v) is 11.8. The lowest BCUT2D eigenvalue weighted by Gasteiger charge is -2.36. The molecule has 1 amide bonds. The summed E-state index contributed by atoms with van der Waals surface area (Å²) in [6, 6.07) is 4.73. The van der Waals surface area contributed by atoms with Gasteiger partial charge in [-0.1, -0.05) is 0 Å². The summed E-state index contributed by atoms with van der Waals surface area (Å²) in [6.45, 7) is 2.62. The number of rotatable bonds is 1. The highest BCUT2D eigenvalue weighted by Crippen LogP contribution is 2.21. The van der Waals surface area contributed by atoms with Gasteiger partial charge in [0.25, 0.3) is 5.91 Å². The first-order valence-electron chi connectivity index (χ1n) is 6.00. The van der Waals surface area contributed by atoms with Crippen LogP contribution in [0.5, 0.6) is 0 Å². The molecular weight excluding hydrogens is 299 g/mol. The number of carbonyl (C=O) groups excluding carboxylic acids is 1. The highest BCUT2D eigenvalue weighted by molar-refractivity contribution is 9.10. The van der Waals surface area contributed by atoms with Crippen LogP contribution in [-0.4, -0.2) is 29.4 Å². The molecule has 2 atom stereocenters. The molecule has 0 unspecified atom stereocenters. The Kier molecular flexibility index (Phi) is 4.02. The molecule has 1 heterocycles. The maximum absolute atomic E-state index is 13.4. The van der Waals surface area contributed by atoms with Gasteiger partial charge in [0, 0.05) is 24.2 Å². The topological polar surface area (TPSA) is 46.3 Å². The van der Waals surface area contributed by atoms with E-state index < -0.39 is 5.82 Å². The Balaban J connectivity index is 2.18. The Hall–Kier alpha value is -0.940. The van der Waals surface area contributed by atoms with E-state index in [0.717, 1.165) is 12.8 Å². The fraction of sp³-hybridized carbons (Fsp3) is 0.462. The number of nitrogens with two attached hydrogens (primary N) is 1. The van der Waals surface area contributed by atoms with E-state index in [1.54, 1.807) is 17.0 Å². The summed E-state index contributed by atoms with van der Waals surface area (Å²) in [5, 5.41) is 0. The second kappa shape index (κ2) is 5.36. The van der Waals surface area contributed by atoms with Crippen molar-refractivity contribution in [3.05, 3.63) is 34.1 Å². The van der Waals surface area contributed by atoms with Gasteiger partial charge >= 0.3 is 0 Å². The minimum atomic E-state index is -0.415. The summed E-state index contributed by atoms with van der Waals surface area (Å²) in [4.78, 5) is 14.1. The van der Waals surface area contributed by atoms with Crippen LogP contribution in [0.4, 0.5) is 4.39 Å². The van der Waals surface area contributed by atoms with Gasteiger partial charge in [0.2, 0.25) is 0 Å². The van der Waals surface area contributed by atoms with Crippen LogP contribution in [-0.2, 0) is 0 Å². The number of hydrogen-bond donors (Lipinski definition) is 1. The van der Waals surface area contributed by atoms with E-state index in [0.29, 0.717) is 16.6 Å². The van der Waals surface area contributed by atoms with Gasteiger partial charge in [0.15, 0.2) is 0 Å². The van der Waals surface area contributed by atoms with Crippen molar-refractivity contribution in [3.63, 3.8) is 0 Å². The van der Waals surface area contributed by atoms with Crippen LogP contribution in [0, 0.1) is 5.82 Å². The molecule has 5 heteroatoms. The Morgan fingerprint density at radius 3 is 2.89 bits per heavy atom. The Bertz CT molecular complexity index is 466. The molecule has 1 saturated heterocycles.